The molecule has 0 spiro atoms. The van der Waals surface area contributed by atoms with Crippen LogP contribution < -0.4 is 11.2 Å². The highest BCUT2D eigenvalue weighted by Gasteiger charge is 2.27. The molecule has 0 aliphatic heterocycles. The number of esters is 1. The SMILES string of the molecule is CC(C)(C)OC(=O)Cn1c(=O)n(S(=O)(=O)c2ccc(Cl)cc2)c(=O)c2ccc(Cl)cc21. The summed E-state index contributed by atoms with van der Waals surface area (Å²) >= 11 is 11.8. The largest absolute Gasteiger partial charge is 0.459 e. The molecule has 0 aliphatic rings. The summed E-state index contributed by atoms with van der Waals surface area (Å²) in [6, 6.07) is 8.97. The smallest absolute Gasteiger partial charge is 0.346 e. The van der Waals surface area contributed by atoms with Gasteiger partial charge in [0.1, 0.15) is 12.1 Å². The molecule has 3 rings (SSSR count). The van der Waals surface area contributed by atoms with Crippen LogP contribution in [0.5, 0.6) is 0 Å². The molecule has 0 amide bonds. The first kappa shape index (κ1) is 23.1. The summed E-state index contributed by atoms with van der Waals surface area (Å²) in [5.74, 6) is -0.787. The molecule has 0 bridgehead atoms. The molecule has 0 saturated carbocycles. The van der Waals surface area contributed by atoms with Crippen molar-refractivity contribution in [2.24, 2.45) is 0 Å². The van der Waals surface area contributed by atoms with Crippen molar-refractivity contribution in [3.63, 3.8) is 0 Å². The number of aromatic nitrogens is 2. The highest BCUT2D eigenvalue weighted by molar-refractivity contribution is 7.90. The maximum Gasteiger partial charge on any atom is 0.346 e. The molecular formula is C20H18Cl2N2O6S. The normalized spacial score (nSPS) is 12.2. The van der Waals surface area contributed by atoms with Crippen molar-refractivity contribution in [1.82, 2.24) is 8.54 Å². The summed E-state index contributed by atoms with van der Waals surface area (Å²) in [5, 5.41) is 0.370. The van der Waals surface area contributed by atoms with Gasteiger partial charge in [0, 0.05) is 10.0 Å². The van der Waals surface area contributed by atoms with Gasteiger partial charge in [-0.3, -0.25) is 14.2 Å². The van der Waals surface area contributed by atoms with E-state index in [1.807, 2.05) is 0 Å². The minimum absolute atomic E-state index is 0.0101. The van der Waals surface area contributed by atoms with E-state index in [9.17, 15) is 22.8 Å². The van der Waals surface area contributed by atoms with E-state index in [4.69, 9.17) is 27.9 Å². The number of rotatable bonds is 4. The van der Waals surface area contributed by atoms with E-state index in [1.165, 1.54) is 42.5 Å². The van der Waals surface area contributed by atoms with E-state index in [1.54, 1.807) is 20.8 Å². The van der Waals surface area contributed by atoms with Crippen LogP contribution in [-0.4, -0.2) is 28.5 Å². The van der Waals surface area contributed by atoms with Crippen molar-refractivity contribution < 1.29 is 17.9 Å². The summed E-state index contributed by atoms with van der Waals surface area (Å²) in [7, 11) is -4.58. The Morgan fingerprint density at radius 3 is 2.16 bits per heavy atom. The molecule has 3 aromatic rings. The summed E-state index contributed by atoms with van der Waals surface area (Å²) in [4.78, 5) is 38.3. The van der Waals surface area contributed by atoms with Gasteiger partial charge in [-0.15, -0.1) is 3.97 Å². The van der Waals surface area contributed by atoms with Gasteiger partial charge < -0.3 is 4.74 Å². The fourth-order valence-electron chi connectivity index (χ4n) is 2.90. The van der Waals surface area contributed by atoms with Crippen LogP contribution in [0.3, 0.4) is 0 Å². The van der Waals surface area contributed by atoms with Crippen LogP contribution in [0.2, 0.25) is 10.0 Å². The van der Waals surface area contributed by atoms with Gasteiger partial charge in [-0.25, -0.2) is 13.2 Å². The third-order valence-electron chi connectivity index (χ3n) is 4.13. The molecule has 31 heavy (non-hydrogen) atoms. The van der Waals surface area contributed by atoms with Crippen LogP contribution in [0.1, 0.15) is 20.8 Å². The average molecular weight is 485 g/mol. The number of ether oxygens (including phenoxy) is 1. The minimum Gasteiger partial charge on any atom is -0.459 e. The number of benzene rings is 2. The van der Waals surface area contributed by atoms with Crippen molar-refractivity contribution >= 4 is 50.1 Å². The maximum atomic E-state index is 13.2. The summed E-state index contributed by atoms with van der Waals surface area (Å²) < 4.78 is 32.5. The lowest BCUT2D eigenvalue weighted by Crippen LogP contribution is -2.45. The van der Waals surface area contributed by atoms with E-state index >= 15 is 0 Å². The van der Waals surface area contributed by atoms with Crippen LogP contribution in [0.15, 0.2) is 56.9 Å². The molecule has 2 aromatic carbocycles. The lowest BCUT2D eigenvalue weighted by atomic mass is 10.2. The number of carbonyl (C=O) groups excluding carboxylic acids is 1. The Kier molecular flexibility index (Phi) is 6.05. The van der Waals surface area contributed by atoms with E-state index in [-0.39, 0.29) is 29.8 Å². The van der Waals surface area contributed by atoms with Crippen molar-refractivity contribution in [2.45, 2.75) is 37.8 Å². The number of halogens is 2. The van der Waals surface area contributed by atoms with Crippen molar-refractivity contribution in [3.05, 3.63) is 73.3 Å². The van der Waals surface area contributed by atoms with E-state index < -0.39 is 39.4 Å². The summed E-state index contributed by atoms with van der Waals surface area (Å²) in [6.07, 6.45) is 0. The molecule has 0 N–H and O–H groups in total. The van der Waals surface area contributed by atoms with Crippen molar-refractivity contribution in [2.75, 3.05) is 0 Å². The van der Waals surface area contributed by atoms with E-state index in [0.29, 0.717) is 0 Å². The Labute approximate surface area is 187 Å². The molecule has 0 aliphatic carbocycles. The zero-order chi connectivity index (χ0) is 23.1. The zero-order valence-electron chi connectivity index (χ0n) is 16.8. The van der Waals surface area contributed by atoms with Crippen LogP contribution in [0.25, 0.3) is 10.9 Å². The topological polar surface area (TPSA) is 104 Å². The van der Waals surface area contributed by atoms with Gasteiger partial charge in [-0.05, 0) is 63.2 Å². The van der Waals surface area contributed by atoms with Gasteiger partial charge in [-0.2, -0.15) is 0 Å². The number of nitrogens with zero attached hydrogens (tertiary/aromatic N) is 2. The van der Waals surface area contributed by atoms with Crippen LogP contribution in [0, 0.1) is 0 Å². The molecule has 0 fully saturated rings. The third-order valence-corrected chi connectivity index (χ3v) is 6.29. The fourth-order valence-corrected chi connectivity index (χ4v) is 4.50. The predicted octanol–water partition coefficient (Wildman–Crippen LogP) is 3.05. The highest BCUT2D eigenvalue weighted by atomic mass is 35.5. The second-order valence-electron chi connectivity index (χ2n) is 7.65. The Bertz CT molecular complexity index is 1400. The Balaban J connectivity index is 2.32. The highest BCUT2D eigenvalue weighted by Crippen LogP contribution is 2.19. The molecule has 11 heteroatoms. The maximum absolute atomic E-state index is 13.2. The molecule has 0 atom stereocenters. The first-order valence-electron chi connectivity index (χ1n) is 8.99. The van der Waals surface area contributed by atoms with Gasteiger partial charge in [-0.1, -0.05) is 23.2 Å². The number of hydrogen-bond donors (Lipinski definition) is 0. The number of carbonyl (C=O) groups is 1. The lowest BCUT2D eigenvalue weighted by molar-refractivity contribution is -0.155. The number of hydrogen-bond acceptors (Lipinski definition) is 6. The standard InChI is InChI=1S/C20H18Cl2N2O6S/c1-20(2,3)30-17(25)11-23-16-10-13(22)6-9-15(16)18(26)24(19(23)27)31(28,29)14-7-4-12(21)5-8-14/h4-10H,11H2,1-3H3. The van der Waals surface area contributed by atoms with Crippen molar-refractivity contribution in [3.8, 4) is 0 Å². The molecular weight excluding hydrogens is 467 g/mol. The van der Waals surface area contributed by atoms with E-state index in [0.717, 1.165) is 4.57 Å². The summed E-state index contributed by atoms with van der Waals surface area (Å²) in [5.41, 5.74) is -3.11. The molecule has 0 saturated heterocycles. The molecule has 0 unspecified atom stereocenters. The van der Waals surface area contributed by atoms with Crippen LogP contribution >= 0.6 is 23.2 Å². The minimum atomic E-state index is -4.58. The quantitative estimate of drug-likeness (QED) is 0.527. The zero-order valence-corrected chi connectivity index (χ0v) is 19.1. The second-order valence-corrected chi connectivity index (χ2v) is 10.3. The van der Waals surface area contributed by atoms with E-state index in [2.05, 4.69) is 0 Å². The van der Waals surface area contributed by atoms with Gasteiger partial charge >= 0.3 is 11.7 Å². The first-order chi connectivity index (χ1) is 14.3. The summed E-state index contributed by atoms with van der Waals surface area (Å²) in [6.45, 7) is 4.32. The fraction of sp³-hybridized carbons (Fsp3) is 0.250. The first-order valence-corrected chi connectivity index (χ1v) is 11.2. The second kappa shape index (κ2) is 8.14. The van der Waals surface area contributed by atoms with Gasteiger partial charge in [0.2, 0.25) is 0 Å². The Hall–Kier alpha value is -2.62. The third kappa shape index (κ3) is 4.68. The molecule has 1 aromatic heterocycles. The van der Waals surface area contributed by atoms with Crippen molar-refractivity contribution in [1.29, 1.82) is 0 Å². The molecule has 1 heterocycles. The van der Waals surface area contributed by atoms with Crippen LogP contribution in [-0.2, 0) is 26.1 Å². The monoisotopic (exact) mass is 484 g/mol. The van der Waals surface area contributed by atoms with Gasteiger partial charge in [0.05, 0.1) is 15.8 Å². The Morgan fingerprint density at radius 2 is 1.58 bits per heavy atom. The van der Waals surface area contributed by atoms with Crippen LogP contribution in [0.4, 0.5) is 0 Å². The predicted molar refractivity (Wildman–Crippen MR) is 117 cm³/mol. The molecule has 164 valence electrons. The van der Waals surface area contributed by atoms with Gasteiger partial charge in [0.25, 0.3) is 15.6 Å². The van der Waals surface area contributed by atoms with Gasteiger partial charge in [0.15, 0.2) is 0 Å². The lowest BCUT2D eigenvalue weighted by Gasteiger charge is -2.20. The number of fused-ring (bicyclic) bond motifs is 1. The average Bonchev–Trinajstić information content (AvgIpc) is 2.63. The molecule has 0 radical (unpaired) electrons. The molecule has 8 nitrogen and oxygen atoms in total. The Morgan fingerprint density at radius 1 is 1.00 bits per heavy atom.